The molecule has 0 amide bonds. The molecule has 98 valence electrons. The fraction of sp³-hybridized carbons (Fsp3) is 0.583. The van der Waals surface area contributed by atoms with Gasteiger partial charge in [-0.15, -0.1) is 21.5 Å². The molecule has 0 aliphatic heterocycles. The molecule has 0 aliphatic carbocycles. The summed E-state index contributed by atoms with van der Waals surface area (Å²) in [5.41, 5.74) is 0.959. The summed E-state index contributed by atoms with van der Waals surface area (Å²) in [6.45, 7) is 8.02. The van der Waals surface area contributed by atoms with E-state index in [1.54, 1.807) is 11.3 Å². The molecule has 1 N–H and O–H groups in total. The van der Waals surface area contributed by atoms with E-state index in [0.717, 1.165) is 41.5 Å². The van der Waals surface area contributed by atoms with Gasteiger partial charge in [-0.05, 0) is 33.4 Å². The number of hydrogen-bond donors (Lipinski definition) is 1. The Kier molecular flexibility index (Phi) is 4.43. The van der Waals surface area contributed by atoms with Crippen molar-refractivity contribution in [3.63, 3.8) is 0 Å². The summed E-state index contributed by atoms with van der Waals surface area (Å²) >= 11 is 1.59. The van der Waals surface area contributed by atoms with Crippen LogP contribution in [0.25, 0.3) is 10.8 Å². The van der Waals surface area contributed by atoms with Gasteiger partial charge >= 0.3 is 0 Å². The molecule has 2 rings (SSSR count). The molecule has 2 heterocycles. The van der Waals surface area contributed by atoms with Crippen molar-refractivity contribution in [3.8, 4) is 10.8 Å². The molecule has 0 unspecified atom stereocenters. The van der Waals surface area contributed by atoms with E-state index in [-0.39, 0.29) is 0 Å². The molecule has 5 nitrogen and oxygen atoms in total. The van der Waals surface area contributed by atoms with Crippen molar-refractivity contribution in [2.75, 3.05) is 13.1 Å². The van der Waals surface area contributed by atoms with Crippen molar-refractivity contribution in [1.82, 2.24) is 20.5 Å². The number of thiazole rings is 1. The zero-order valence-corrected chi connectivity index (χ0v) is 11.8. The van der Waals surface area contributed by atoms with Crippen molar-refractivity contribution < 1.29 is 4.42 Å². The lowest BCUT2D eigenvalue weighted by Gasteiger charge is -1.97. The second-order valence-electron chi connectivity index (χ2n) is 4.11. The van der Waals surface area contributed by atoms with Crippen molar-refractivity contribution in [1.29, 1.82) is 0 Å². The van der Waals surface area contributed by atoms with Crippen LogP contribution in [0.3, 0.4) is 0 Å². The second kappa shape index (κ2) is 6.06. The van der Waals surface area contributed by atoms with E-state index in [1.807, 2.05) is 13.8 Å². The van der Waals surface area contributed by atoms with Gasteiger partial charge in [0.25, 0.3) is 5.89 Å². The van der Waals surface area contributed by atoms with Gasteiger partial charge in [-0.25, -0.2) is 4.98 Å². The van der Waals surface area contributed by atoms with Gasteiger partial charge in [-0.2, -0.15) is 0 Å². The molecule has 0 saturated carbocycles. The Balaban J connectivity index is 1.99. The minimum atomic E-state index is 0.594. The van der Waals surface area contributed by atoms with Crippen molar-refractivity contribution >= 4 is 11.3 Å². The van der Waals surface area contributed by atoms with Crippen LogP contribution < -0.4 is 5.32 Å². The number of nitrogens with zero attached hydrogens (tertiary/aromatic N) is 3. The summed E-state index contributed by atoms with van der Waals surface area (Å²) in [5, 5.41) is 12.5. The van der Waals surface area contributed by atoms with Gasteiger partial charge in [-0.3, -0.25) is 0 Å². The highest BCUT2D eigenvalue weighted by molar-refractivity contribution is 7.15. The maximum atomic E-state index is 5.66. The van der Waals surface area contributed by atoms with Crippen LogP contribution in [0.5, 0.6) is 0 Å². The van der Waals surface area contributed by atoms with E-state index in [0.29, 0.717) is 11.8 Å². The van der Waals surface area contributed by atoms with Gasteiger partial charge in [0.05, 0.1) is 10.7 Å². The first-order chi connectivity index (χ1) is 8.70. The summed E-state index contributed by atoms with van der Waals surface area (Å²) in [6, 6.07) is 0. The van der Waals surface area contributed by atoms with Crippen LogP contribution in [0.1, 0.15) is 29.9 Å². The second-order valence-corrected chi connectivity index (χ2v) is 5.31. The molecule has 0 saturated heterocycles. The Morgan fingerprint density at radius 3 is 2.78 bits per heavy atom. The monoisotopic (exact) mass is 266 g/mol. The fourth-order valence-electron chi connectivity index (χ4n) is 1.72. The zero-order valence-electron chi connectivity index (χ0n) is 11.0. The average molecular weight is 266 g/mol. The first kappa shape index (κ1) is 13.2. The Labute approximate surface area is 111 Å². The van der Waals surface area contributed by atoms with Crippen LogP contribution in [0.4, 0.5) is 0 Å². The SMILES string of the molecule is CCNCCCc1nnc(-c2sc(C)nc2C)o1. The van der Waals surface area contributed by atoms with E-state index in [9.17, 15) is 0 Å². The third-order valence-electron chi connectivity index (χ3n) is 2.56. The van der Waals surface area contributed by atoms with Gasteiger partial charge in [0, 0.05) is 6.42 Å². The molecular weight excluding hydrogens is 248 g/mol. The van der Waals surface area contributed by atoms with Crippen LogP contribution in [0.15, 0.2) is 4.42 Å². The van der Waals surface area contributed by atoms with Crippen molar-refractivity contribution in [3.05, 3.63) is 16.6 Å². The largest absolute Gasteiger partial charge is 0.420 e. The smallest absolute Gasteiger partial charge is 0.259 e. The fourth-order valence-corrected chi connectivity index (χ4v) is 2.56. The Morgan fingerprint density at radius 2 is 2.11 bits per heavy atom. The molecule has 2 aromatic rings. The lowest BCUT2D eigenvalue weighted by Crippen LogP contribution is -2.14. The van der Waals surface area contributed by atoms with E-state index >= 15 is 0 Å². The first-order valence-corrected chi connectivity index (χ1v) is 7.00. The molecule has 0 radical (unpaired) electrons. The normalized spacial score (nSPS) is 11.1. The standard InChI is InChI=1S/C12H18N4OS/c1-4-13-7-5-6-10-15-16-12(17-10)11-8(2)14-9(3)18-11/h13H,4-7H2,1-3H3. The Morgan fingerprint density at radius 1 is 1.28 bits per heavy atom. The summed E-state index contributed by atoms with van der Waals surface area (Å²) in [4.78, 5) is 5.35. The Hall–Kier alpha value is -1.27. The van der Waals surface area contributed by atoms with Crippen LogP contribution in [0, 0.1) is 13.8 Å². The molecule has 0 aliphatic rings. The molecular formula is C12H18N4OS. The summed E-state index contributed by atoms with van der Waals surface area (Å²) in [5.74, 6) is 1.30. The molecule has 0 bridgehead atoms. The quantitative estimate of drug-likeness (QED) is 0.813. The molecule has 6 heteroatoms. The van der Waals surface area contributed by atoms with E-state index in [2.05, 4.69) is 27.4 Å². The number of nitrogens with one attached hydrogen (secondary N) is 1. The average Bonchev–Trinajstić information content (AvgIpc) is 2.91. The highest BCUT2D eigenvalue weighted by Gasteiger charge is 2.14. The van der Waals surface area contributed by atoms with Gasteiger partial charge in [0.1, 0.15) is 4.88 Å². The van der Waals surface area contributed by atoms with Crippen LogP contribution in [0.2, 0.25) is 0 Å². The van der Waals surface area contributed by atoms with Gasteiger partial charge in [-0.1, -0.05) is 6.92 Å². The maximum Gasteiger partial charge on any atom is 0.259 e. The van der Waals surface area contributed by atoms with Gasteiger partial charge in [0.15, 0.2) is 0 Å². The highest BCUT2D eigenvalue weighted by atomic mass is 32.1. The zero-order chi connectivity index (χ0) is 13.0. The number of hydrogen-bond acceptors (Lipinski definition) is 6. The van der Waals surface area contributed by atoms with Crippen molar-refractivity contribution in [2.45, 2.75) is 33.6 Å². The molecule has 0 atom stereocenters. The number of rotatable bonds is 6. The van der Waals surface area contributed by atoms with E-state index in [1.165, 1.54) is 0 Å². The van der Waals surface area contributed by atoms with Crippen LogP contribution in [-0.2, 0) is 6.42 Å². The van der Waals surface area contributed by atoms with Crippen molar-refractivity contribution in [2.24, 2.45) is 0 Å². The minimum absolute atomic E-state index is 0.594. The molecule has 2 aromatic heterocycles. The summed E-state index contributed by atoms with van der Waals surface area (Å²) < 4.78 is 5.66. The molecule has 0 fully saturated rings. The predicted octanol–water partition coefficient (Wildman–Crippen LogP) is 2.35. The lowest BCUT2D eigenvalue weighted by atomic mass is 10.3. The van der Waals surface area contributed by atoms with E-state index < -0.39 is 0 Å². The minimum Gasteiger partial charge on any atom is -0.420 e. The number of aryl methyl sites for hydroxylation is 3. The lowest BCUT2D eigenvalue weighted by molar-refractivity contribution is 0.493. The predicted molar refractivity (Wildman–Crippen MR) is 71.7 cm³/mol. The Bertz CT molecular complexity index is 506. The van der Waals surface area contributed by atoms with Gasteiger partial charge < -0.3 is 9.73 Å². The number of aromatic nitrogens is 3. The molecule has 18 heavy (non-hydrogen) atoms. The maximum absolute atomic E-state index is 5.66. The van der Waals surface area contributed by atoms with E-state index in [4.69, 9.17) is 4.42 Å². The first-order valence-electron chi connectivity index (χ1n) is 6.18. The summed E-state index contributed by atoms with van der Waals surface area (Å²) in [6.07, 6.45) is 1.83. The third kappa shape index (κ3) is 3.14. The molecule has 0 aromatic carbocycles. The van der Waals surface area contributed by atoms with Crippen LogP contribution >= 0.6 is 11.3 Å². The molecule has 0 spiro atoms. The highest BCUT2D eigenvalue weighted by Crippen LogP contribution is 2.28. The summed E-state index contributed by atoms with van der Waals surface area (Å²) in [7, 11) is 0. The third-order valence-corrected chi connectivity index (χ3v) is 3.62. The topological polar surface area (TPSA) is 63.8 Å². The van der Waals surface area contributed by atoms with Crippen LogP contribution in [-0.4, -0.2) is 28.3 Å². The van der Waals surface area contributed by atoms with Gasteiger partial charge in [0.2, 0.25) is 5.89 Å².